The maximum atomic E-state index is 13.6. The van der Waals surface area contributed by atoms with Crippen molar-refractivity contribution in [3.8, 4) is 0 Å². The quantitative estimate of drug-likeness (QED) is 0.462. The number of carbonyl (C=O) groups is 1. The van der Waals surface area contributed by atoms with Gasteiger partial charge in [0.25, 0.3) is 15.9 Å². The average molecular weight is 463 g/mol. The zero-order valence-electron chi connectivity index (χ0n) is 16.3. The molecule has 0 bridgehead atoms. The number of nitrogens with one attached hydrogen (secondary N) is 2. The maximum Gasteiger partial charge on any atom is 0.261 e. The molecule has 0 heterocycles. The van der Waals surface area contributed by atoms with Crippen LogP contribution in [0.3, 0.4) is 0 Å². The van der Waals surface area contributed by atoms with E-state index >= 15 is 0 Å². The van der Waals surface area contributed by atoms with Crippen molar-refractivity contribution in [2.24, 2.45) is 0 Å². The van der Waals surface area contributed by atoms with Crippen LogP contribution in [0.2, 0.25) is 0 Å². The van der Waals surface area contributed by atoms with Gasteiger partial charge in [-0.15, -0.1) is 0 Å². The Bertz CT molecular complexity index is 1150. The second-order valence-electron chi connectivity index (χ2n) is 6.54. The third kappa shape index (κ3) is 6.53. The van der Waals surface area contributed by atoms with Crippen LogP contribution in [0.15, 0.2) is 77.7 Å². The third-order valence-electron chi connectivity index (χ3n) is 4.25. The molecule has 3 aromatic rings. The number of carbonyl (C=O) groups excluding carboxylic acids is 1. The number of hydrogen-bond donors (Lipinski definition) is 2. The summed E-state index contributed by atoms with van der Waals surface area (Å²) in [5.41, 5.74) is 1.01. The van der Waals surface area contributed by atoms with E-state index in [9.17, 15) is 22.0 Å². The summed E-state index contributed by atoms with van der Waals surface area (Å²) in [5, 5.41) is 2.72. The number of hydrogen-bond acceptors (Lipinski definition) is 4. The van der Waals surface area contributed by atoms with Crippen LogP contribution in [-0.4, -0.2) is 26.6 Å². The van der Waals surface area contributed by atoms with Crippen LogP contribution in [0.4, 0.5) is 14.5 Å². The molecule has 0 fully saturated rings. The highest BCUT2D eigenvalue weighted by atomic mass is 32.2. The van der Waals surface area contributed by atoms with Gasteiger partial charge in [0.05, 0.1) is 4.90 Å². The van der Waals surface area contributed by atoms with Crippen LogP contribution in [0, 0.1) is 11.6 Å². The molecule has 1 amide bonds. The van der Waals surface area contributed by atoms with Crippen molar-refractivity contribution >= 4 is 33.4 Å². The first kappa shape index (κ1) is 22.8. The molecule has 0 unspecified atom stereocenters. The molecule has 0 aromatic heterocycles. The molecular weight excluding hydrogens is 442 g/mol. The minimum Gasteiger partial charge on any atom is -0.351 e. The summed E-state index contributed by atoms with van der Waals surface area (Å²) in [5.74, 6) is -0.0829. The van der Waals surface area contributed by atoms with Gasteiger partial charge in [0, 0.05) is 29.3 Å². The fraction of sp³-hybridized carbons (Fsp3) is 0.136. The Morgan fingerprint density at radius 3 is 2.42 bits per heavy atom. The van der Waals surface area contributed by atoms with Gasteiger partial charge in [-0.3, -0.25) is 9.52 Å². The first-order chi connectivity index (χ1) is 14.8. The fourth-order valence-electron chi connectivity index (χ4n) is 2.67. The van der Waals surface area contributed by atoms with E-state index in [2.05, 4.69) is 10.0 Å². The van der Waals surface area contributed by atoms with Crippen LogP contribution < -0.4 is 10.0 Å². The number of halogens is 2. The fourth-order valence-corrected chi connectivity index (χ4v) is 4.62. The van der Waals surface area contributed by atoms with Gasteiger partial charge >= 0.3 is 0 Å². The van der Waals surface area contributed by atoms with E-state index in [0.29, 0.717) is 23.6 Å². The minimum absolute atomic E-state index is 0.0848. The SMILES string of the molecule is O=C(NCCSCc1ccccc1F)c1cccc(S(=O)(=O)Nc2ccc(F)cc2)c1. The lowest BCUT2D eigenvalue weighted by molar-refractivity contribution is 0.0956. The standard InChI is InChI=1S/C22H20F2N2O3S2/c23-18-8-10-19(11-9-18)26-31(28,29)20-6-3-5-16(14-20)22(27)25-12-13-30-15-17-4-1-2-7-21(17)24/h1-11,14,26H,12-13,15H2,(H,25,27). The Labute approximate surface area is 183 Å². The highest BCUT2D eigenvalue weighted by molar-refractivity contribution is 7.98. The largest absolute Gasteiger partial charge is 0.351 e. The van der Waals surface area contributed by atoms with Crippen molar-refractivity contribution in [2.45, 2.75) is 10.6 Å². The molecule has 31 heavy (non-hydrogen) atoms. The van der Waals surface area contributed by atoms with Gasteiger partial charge in [-0.25, -0.2) is 17.2 Å². The van der Waals surface area contributed by atoms with Crippen molar-refractivity contribution in [3.05, 3.63) is 95.6 Å². The Hall–Kier alpha value is -2.91. The molecular formula is C22H20F2N2O3S2. The highest BCUT2D eigenvalue weighted by Gasteiger charge is 2.16. The summed E-state index contributed by atoms with van der Waals surface area (Å²) in [6, 6.07) is 17.1. The van der Waals surface area contributed by atoms with Crippen molar-refractivity contribution in [1.29, 1.82) is 0 Å². The molecule has 0 atom stereocenters. The summed E-state index contributed by atoms with van der Waals surface area (Å²) in [6.07, 6.45) is 0. The van der Waals surface area contributed by atoms with Gasteiger partial charge in [0.2, 0.25) is 0 Å². The van der Waals surface area contributed by atoms with E-state index in [1.807, 2.05) is 0 Å². The normalized spacial score (nSPS) is 11.2. The lowest BCUT2D eigenvalue weighted by atomic mass is 10.2. The van der Waals surface area contributed by atoms with Crippen LogP contribution in [-0.2, 0) is 15.8 Å². The first-order valence-electron chi connectivity index (χ1n) is 9.33. The molecule has 3 rings (SSSR count). The summed E-state index contributed by atoms with van der Waals surface area (Å²) >= 11 is 1.48. The summed E-state index contributed by atoms with van der Waals surface area (Å²) < 4.78 is 54.0. The number of amides is 1. The van der Waals surface area contributed by atoms with Crippen molar-refractivity contribution in [2.75, 3.05) is 17.0 Å². The smallest absolute Gasteiger partial charge is 0.261 e. The number of sulfonamides is 1. The maximum absolute atomic E-state index is 13.6. The number of benzene rings is 3. The third-order valence-corrected chi connectivity index (χ3v) is 6.64. The number of anilines is 1. The topological polar surface area (TPSA) is 75.3 Å². The Balaban J connectivity index is 1.54. The molecule has 0 saturated carbocycles. The van der Waals surface area contributed by atoms with Crippen molar-refractivity contribution in [1.82, 2.24) is 5.32 Å². The van der Waals surface area contributed by atoms with Gasteiger partial charge < -0.3 is 5.32 Å². The average Bonchev–Trinajstić information content (AvgIpc) is 2.76. The molecule has 162 valence electrons. The molecule has 0 aliphatic carbocycles. The molecule has 2 N–H and O–H groups in total. The molecule has 0 aliphatic heterocycles. The van der Waals surface area contributed by atoms with Crippen LogP contribution >= 0.6 is 11.8 Å². The van der Waals surface area contributed by atoms with Crippen LogP contribution in [0.1, 0.15) is 15.9 Å². The summed E-state index contributed by atoms with van der Waals surface area (Å²) in [7, 11) is -3.94. The van der Waals surface area contributed by atoms with Crippen LogP contribution in [0.25, 0.3) is 0 Å². The van der Waals surface area contributed by atoms with E-state index in [4.69, 9.17) is 0 Å². The zero-order chi connectivity index (χ0) is 22.3. The van der Waals surface area contributed by atoms with Crippen molar-refractivity contribution in [3.63, 3.8) is 0 Å². The lowest BCUT2D eigenvalue weighted by Gasteiger charge is -2.10. The zero-order valence-corrected chi connectivity index (χ0v) is 18.0. The molecule has 0 saturated heterocycles. The highest BCUT2D eigenvalue weighted by Crippen LogP contribution is 2.18. The second-order valence-corrected chi connectivity index (χ2v) is 9.33. The summed E-state index contributed by atoms with van der Waals surface area (Å²) in [4.78, 5) is 12.3. The monoisotopic (exact) mass is 462 g/mol. The Morgan fingerprint density at radius 2 is 1.68 bits per heavy atom. The molecule has 0 spiro atoms. The van der Waals surface area contributed by atoms with E-state index < -0.39 is 21.7 Å². The van der Waals surface area contributed by atoms with E-state index in [1.165, 1.54) is 54.2 Å². The van der Waals surface area contributed by atoms with E-state index in [-0.39, 0.29) is 22.0 Å². The lowest BCUT2D eigenvalue weighted by Crippen LogP contribution is -2.26. The van der Waals surface area contributed by atoms with Gasteiger partial charge in [-0.05, 0) is 54.1 Å². The van der Waals surface area contributed by atoms with Gasteiger partial charge in [0.15, 0.2) is 0 Å². The number of rotatable bonds is 9. The Morgan fingerprint density at radius 1 is 0.935 bits per heavy atom. The Kier molecular flexibility index (Phi) is 7.64. The predicted molar refractivity (Wildman–Crippen MR) is 119 cm³/mol. The van der Waals surface area contributed by atoms with Gasteiger partial charge in [-0.2, -0.15) is 11.8 Å². The molecule has 0 aliphatic rings. The number of thioether (sulfide) groups is 1. The minimum atomic E-state index is -3.94. The van der Waals surface area contributed by atoms with Gasteiger partial charge in [-0.1, -0.05) is 24.3 Å². The summed E-state index contributed by atoms with van der Waals surface area (Å²) in [6.45, 7) is 0.350. The molecule has 3 aromatic carbocycles. The molecule has 5 nitrogen and oxygen atoms in total. The first-order valence-corrected chi connectivity index (χ1v) is 12.0. The van der Waals surface area contributed by atoms with Crippen molar-refractivity contribution < 1.29 is 22.0 Å². The predicted octanol–water partition coefficient (Wildman–Crippen LogP) is 4.43. The van der Waals surface area contributed by atoms with Crippen LogP contribution in [0.5, 0.6) is 0 Å². The second kappa shape index (κ2) is 10.4. The van der Waals surface area contributed by atoms with Gasteiger partial charge in [0.1, 0.15) is 11.6 Å². The van der Waals surface area contributed by atoms with E-state index in [0.717, 1.165) is 12.1 Å². The molecule has 9 heteroatoms. The molecule has 0 radical (unpaired) electrons. The van der Waals surface area contributed by atoms with E-state index in [1.54, 1.807) is 18.2 Å².